The van der Waals surface area contributed by atoms with Gasteiger partial charge in [-0.3, -0.25) is 9.36 Å². The molecular formula is C14H14Cl2N6O. The number of benzene rings is 1. The van der Waals surface area contributed by atoms with E-state index in [1.807, 2.05) is 0 Å². The lowest BCUT2D eigenvalue weighted by molar-refractivity contribution is 0.521. The number of halogens is 2. The highest BCUT2D eigenvalue weighted by molar-refractivity contribution is 6.38. The maximum Gasteiger partial charge on any atom is 0.261 e. The van der Waals surface area contributed by atoms with Crippen LogP contribution < -0.4 is 5.56 Å². The largest absolute Gasteiger partial charge is 0.291 e. The second-order valence-electron chi connectivity index (χ2n) is 5.13. The van der Waals surface area contributed by atoms with E-state index in [0.29, 0.717) is 33.3 Å². The van der Waals surface area contributed by atoms with Crippen LogP contribution in [0.15, 0.2) is 23.3 Å². The van der Waals surface area contributed by atoms with Crippen molar-refractivity contribution in [1.82, 2.24) is 29.8 Å². The van der Waals surface area contributed by atoms with E-state index >= 15 is 0 Å². The molecule has 0 amide bonds. The second kappa shape index (κ2) is 6.64. The van der Waals surface area contributed by atoms with Crippen molar-refractivity contribution in [3.05, 3.63) is 44.7 Å². The van der Waals surface area contributed by atoms with Gasteiger partial charge in [0, 0.05) is 11.6 Å². The molecule has 0 spiro atoms. The van der Waals surface area contributed by atoms with Gasteiger partial charge in [0.15, 0.2) is 5.82 Å². The first-order valence-corrected chi connectivity index (χ1v) is 7.95. The lowest BCUT2D eigenvalue weighted by atomic mass is 10.2. The Morgan fingerprint density at radius 2 is 2.09 bits per heavy atom. The monoisotopic (exact) mass is 352 g/mol. The third-order valence-electron chi connectivity index (χ3n) is 3.49. The normalized spacial score (nSPS) is 11.3. The molecule has 0 bridgehead atoms. The maximum absolute atomic E-state index is 12.6. The Kier molecular flexibility index (Phi) is 4.58. The van der Waals surface area contributed by atoms with E-state index in [2.05, 4.69) is 27.4 Å². The molecule has 0 atom stereocenters. The fourth-order valence-electron chi connectivity index (χ4n) is 2.28. The number of nitrogens with zero attached hydrogens (tertiary/aromatic N) is 6. The number of hydrogen-bond acceptors (Lipinski definition) is 5. The number of rotatable bonds is 5. The summed E-state index contributed by atoms with van der Waals surface area (Å²) < 4.78 is 3.15. The van der Waals surface area contributed by atoms with Crippen LogP contribution in [0.25, 0.3) is 10.9 Å². The van der Waals surface area contributed by atoms with Crippen LogP contribution in [0.5, 0.6) is 0 Å². The van der Waals surface area contributed by atoms with Crippen LogP contribution in [0.4, 0.5) is 0 Å². The van der Waals surface area contributed by atoms with Crippen LogP contribution >= 0.6 is 23.2 Å². The SMILES string of the molecule is CCCCn1nnnc1Cn1cnc2c(Cl)cc(Cl)cc2c1=O. The van der Waals surface area contributed by atoms with Crippen LogP contribution in [0.1, 0.15) is 25.6 Å². The Bertz CT molecular complexity index is 904. The van der Waals surface area contributed by atoms with Crippen molar-refractivity contribution in [3.63, 3.8) is 0 Å². The fraction of sp³-hybridized carbons (Fsp3) is 0.357. The summed E-state index contributed by atoms with van der Waals surface area (Å²) in [6.45, 7) is 3.05. The van der Waals surface area contributed by atoms with E-state index in [1.165, 1.54) is 10.9 Å². The van der Waals surface area contributed by atoms with Gasteiger partial charge in [-0.2, -0.15) is 0 Å². The minimum atomic E-state index is -0.232. The molecule has 0 aliphatic carbocycles. The molecule has 3 aromatic rings. The van der Waals surface area contributed by atoms with E-state index in [-0.39, 0.29) is 12.1 Å². The fourth-order valence-corrected chi connectivity index (χ4v) is 2.82. The van der Waals surface area contributed by atoms with Gasteiger partial charge in [0.05, 0.1) is 28.8 Å². The minimum absolute atomic E-state index is 0.232. The van der Waals surface area contributed by atoms with Crippen molar-refractivity contribution in [2.45, 2.75) is 32.9 Å². The molecule has 0 radical (unpaired) electrons. The zero-order valence-electron chi connectivity index (χ0n) is 12.4. The van der Waals surface area contributed by atoms with Crippen molar-refractivity contribution < 1.29 is 0 Å². The van der Waals surface area contributed by atoms with E-state index in [9.17, 15) is 4.79 Å². The van der Waals surface area contributed by atoms with Crippen molar-refractivity contribution in [2.75, 3.05) is 0 Å². The second-order valence-corrected chi connectivity index (χ2v) is 5.98. The zero-order valence-corrected chi connectivity index (χ0v) is 13.9. The summed E-state index contributed by atoms with van der Waals surface area (Å²) in [5.41, 5.74) is 0.201. The molecular weight excluding hydrogens is 339 g/mol. The van der Waals surface area contributed by atoms with Gasteiger partial charge in [-0.25, -0.2) is 9.67 Å². The molecule has 0 N–H and O–H groups in total. The Labute approximate surface area is 141 Å². The van der Waals surface area contributed by atoms with Gasteiger partial charge >= 0.3 is 0 Å². The van der Waals surface area contributed by atoms with Gasteiger partial charge in [0.2, 0.25) is 0 Å². The van der Waals surface area contributed by atoms with Crippen LogP contribution in [0, 0.1) is 0 Å². The Morgan fingerprint density at radius 3 is 2.87 bits per heavy atom. The molecule has 120 valence electrons. The number of unbranched alkanes of at least 4 members (excludes halogenated alkanes) is 1. The molecule has 0 aliphatic rings. The molecule has 2 heterocycles. The molecule has 0 aliphatic heterocycles. The van der Waals surface area contributed by atoms with Gasteiger partial charge < -0.3 is 0 Å². The molecule has 23 heavy (non-hydrogen) atoms. The number of aryl methyl sites for hydroxylation is 1. The molecule has 0 saturated heterocycles. The van der Waals surface area contributed by atoms with E-state index in [0.717, 1.165) is 12.8 Å². The van der Waals surface area contributed by atoms with Gasteiger partial charge in [-0.1, -0.05) is 36.5 Å². The van der Waals surface area contributed by atoms with Crippen LogP contribution in [0.3, 0.4) is 0 Å². The van der Waals surface area contributed by atoms with Gasteiger partial charge in [0.25, 0.3) is 5.56 Å². The number of hydrogen-bond donors (Lipinski definition) is 0. The van der Waals surface area contributed by atoms with Crippen LogP contribution in [0.2, 0.25) is 10.0 Å². The number of aromatic nitrogens is 6. The Hall–Kier alpha value is -1.99. The maximum atomic E-state index is 12.6. The summed E-state index contributed by atoms with van der Waals surface area (Å²) in [4.78, 5) is 16.9. The average Bonchev–Trinajstić information content (AvgIpc) is 2.95. The smallest absolute Gasteiger partial charge is 0.261 e. The molecule has 2 aromatic heterocycles. The summed E-state index contributed by atoms with van der Waals surface area (Å²) >= 11 is 12.1. The molecule has 9 heteroatoms. The summed E-state index contributed by atoms with van der Waals surface area (Å²) in [6, 6.07) is 3.13. The molecule has 0 saturated carbocycles. The highest BCUT2D eigenvalue weighted by atomic mass is 35.5. The summed E-state index contributed by atoms with van der Waals surface area (Å²) in [5, 5.41) is 12.7. The topological polar surface area (TPSA) is 78.5 Å². The van der Waals surface area contributed by atoms with E-state index in [1.54, 1.807) is 16.8 Å². The average molecular weight is 353 g/mol. The van der Waals surface area contributed by atoms with Crippen molar-refractivity contribution in [1.29, 1.82) is 0 Å². The Balaban J connectivity index is 2.00. The first-order chi connectivity index (χ1) is 11.1. The third kappa shape index (κ3) is 3.20. The third-order valence-corrected chi connectivity index (χ3v) is 3.99. The molecule has 0 fully saturated rings. The lowest BCUT2D eigenvalue weighted by Crippen LogP contribution is -2.23. The Morgan fingerprint density at radius 1 is 1.26 bits per heavy atom. The van der Waals surface area contributed by atoms with Gasteiger partial charge in [-0.15, -0.1) is 5.10 Å². The minimum Gasteiger partial charge on any atom is -0.291 e. The van der Waals surface area contributed by atoms with Crippen molar-refractivity contribution >= 4 is 34.1 Å². The van der Waals surface area contributed by atoms with E-state index < -0.39 is 0 Å². The zero-order chi connectivity index (χ0) is 16.4. The summed E-state index contributed by atoms with van der Waals surface area (Å²) in [6.07, 6.45) is 3.45. The lowest BCUT2D eigenvalue weighted by Gasteiger charge is -2.08. The predicted molar refractivity (Wildman–Crippen MR) is 87.9 cm³/mol. The van der Waals surface area contributed by atoms with Gasteiger partial charge in [-0.05, 0) is 29.0 Å². The molecule has 3 rings (SSSR count). The highest BCUT2D eigenvalue weighted by Crippen LogP contribution is 2.23. The molecule has 1 aromatic carbocycles. The van der Waals surface area contributed by atoms with Crippen molar-refractivity contribution in [3.8, 4) is 0 Å². The summed E-state index contributed by atoms with van der Waals surface area (Å²) in [7, 11) is 0. The molecule has 7 nitrogen and oxygen atoms in total. The number of tetrazole rings is 1. The summed E-state index contributed by atoms with van der Waals surface area (Å²) in [5.74, 6) is 0.606. The van der Waals surface area contributed by atoms with Crippen LogP contribution in [-0.2, 0) is 13.1 Å². The van der Waals surface area contributed by atoms with E-state index in [4.69, 9.17) is 23.2 Å². The molecule has 0 unspecified atom stereocenters. The standard InChI is InChI=1S/C14H14Cl2N6O/c1-2-3-4-22-12(18-19-20-22)7-21-8-17-13-10(14(21)23)5-9(15)6-11(13)16/h5-6,8H,2-4,7H2,1H3. The quantitative estimate of drug-likeness (QED) is 0.704. The number of fused-ring (bicyclic) bond motifs is 1. The van der Waals surface area contributed by atoms with Crippen molar-refractivity contribution in [2.24, 2.45) is 0 Å². The predicted octanol–water partition coefficient (Wildman–Crippen LogP) is 2.54. The first kappa shape index (κ1) is 15.9. The van der Waals surface area contributed by atoms with Gasteiger partial charge in [0.1, 0.15) is 0 Å². The van der Waals surface area contributed by atoms with Crippen LogP contribution in [-0.4, -0.2) is 29.8 Å². The first-order valence-electron chi connectivity index (χ1n) is 7.19. The highest BCUT2D eigenvalue weighted by Gasteiger charge is 2.12.